The molecule has 0 aromatic heterocycles. The van der Waals surface area contributed by atoms with Crippen LogP contribution in [0.5, 0.6) is 0 Å². The zero-order valence-corrected chi connectivity index (χ0v) is 15.7. The fourth-order valence-electron chi connectivity index (χ4n) is 6.98. The quantitative estimate of drug-likeness (QED) is 0.488. The highest BCUT2D eigenvalue weighted by Crippen LogP contribution is 2.63. The maximum atomic E-state index is 11.8. The number of fused-ring (bicyclic) bond motifs is 5. The minimum atomic E-state index is 0.521. The number of hydrogen-bond donors (Lipinski definition) is 0. The summed E-state index contributed by atoms with van der Waals surface area (Å²) in [5, 5.41) is 0. The molecule has 130 valence electrons. The van der Waals surface area contributed by atoms with E-state index in [1.165, 1.54) is 44.9 Å². The van der Waals surface area contributed by atoms with Gasteiger partial charge in [-0.05, 0) is 86.9 Å². The van der Waals surface area contributed by atoms with E-state index in [1.54, 1.807) is 5.57 Å². The van der Waals surface area contributed by atoms with E-state index in [0.29, 0.717) is 11.2 Å². The molecule has 0 spiro atoms. The van der Waals surface area contributed by atoms with Crippen LogP contribution in [-0.2, 0) is 4.79 Å². The molecular weight excluding hydrogens is 280 g/mol. The number of hydrogen-bond acceptors (Lipinski definition) is 1. The highest BCUT2D eigenvalue weighted by Gasteiger charge is 2.54. The van der Waals surface area contributed by atoms with E-state index in [0.717, 1.165) is 42.4 Å². The van der Waals surface area contributed by atoms with E-state index >= 15 is 0 Å². The van der Waals surface area contributed by atoms with Crippen molar-refractivity contribution in [2.45, 2.75) is 85.5 Å². The first-order valence-electron chi connectivity index (χ1n) is 10.3. The van der Waals surface area contributed by atoms with Crippen molar-refractivity contribution in [3.8, 4) is 0 Å². The molecule has 0 aromatic carbocycles. The summed E-state index contributed by atoms with van der Waals surface area (Å²) in [4.78, 5) is 11.8. The number of ketones is 1. The fourth-order valence-corrected chi connectivity index (χ4v) is 6.98. The van der Waals surface area contributed by atoms with E-state index in [1.807, 2.05) is 13.8 Å². The highest BCUT2D eigenvalue weighted by molar-refractivity contribution is 5.79. The molecular formula is C22H36O. The summed E-state index contributed by atoms with van der Waals surface area (Å²) in [6.45, 7) is 8.81. The number of rotatable bonds is 0. The topological polar surface area (TPSA) is 17.1 Å². The van der Waals surface area contributed by atoms with Crippen LogP contribution in [0.15, 0.2) is 11.6 Å². The SMILES string of the molecule is C/C=C1/CCC2[C@@H]3CCC4CC(=O)CCC4C3CC[C@]12C.CC. The number of carbonyl (C=O) groups is 1. The molecule has 4 saturated carbocycles. The molecule has 0 amide bonds. The summed E-state index contributed by atoms with van der Waals surface area (Å²) in [5.41, 5.74) is 2.28. The van der Waals surface area contributed by atoms with Gasteiger partial charge in [0.2, 0.25) is 0 Å². The molecule has 0 saturated heterocycles. The lowest BCUT2D eigenvalue weighted by Crippen LogP contribution is -2.47. The Morgan fingerprint density at radius 2 is 1.74 bits per heavy atom. The predicted molar refractivity (Wildman–Crippen MR) is 97.2 cm³/mol. The smallest absolute Gasteiger partial charge is 0.133 e. The Kier molecular flexibility index (Phi) is 5.04. The molecule has 4 aliphatic rings. The molecule has 0 radical (unpaired) electrons. The monoisotopic (exact) mass is 316 g/mol. The second-order valence-corrected chi connectivity index (χ2v) is 8.53. The fraction of sp³-hybridized carbons (Fsp3) is 0.864. The third kappa shape index (κ3) is 2.72. The Morgan fingerprint density at radius 1 is 0.957 bits per heavy atom. The van der Waals surface area contributed by atoms with Crippen molar-refractivity contribution in [3.05, 3.63) is 11.6 Å². The molecule has 0 aromatic rings. The van der Waals surface area contributed by atoms with Gasteiger partial charge >= 0.3 is 0 Å². The third-order valence-electron chi connectivity index (χ3n) is 7.96. The lowest BCUT2D eigenvalue weighted by molar-refractivity contribution is -0.126. The van der Waals surface area contributed by atoms with Gasteiger partial charge in [0, 0.05) is 12.8 Å². The number of carbonyl (C=O) groups excluding carboxylic acids is 1. The molecule has 4 fully saturated rings. The van der Waals surface area contributed by atoms with Crippen LogP contribution in [0.1, 0.15) is 85.5 Å². The van der Waals surface area contributed by atoms with Crippen LogP contribution in [0.25, 0.3) is 0 Å². The average molecular weight is 317 g/mol. The maximum Gasteiger partial charge on any atom is 0.133 e. The van der Waals surface area contributed by atoms with Crippen molar-refractivity contribution in [2.24, 2.45) is 35.0 Å². The summed E-state index contributed by atoms with van der Waals surface area (Å²) in [6, 6.07) is 0. The van der Waals surface area contributed by atoms with Gasteiger partial charge in [-0.25, -0.2) is 0 Å². The number of allylic oxidation sites excluding steroid dienone is 2. The summed E-state index contributed by atoms with van der Waals surface area (Å²) in [6.07, 6.45) is 13.8. The van der Waals surface area contributed by atoms with Gasteiger partial charge in [-0.3, -0.25) is 4.79 Å². The Bertz CT molecular complexity index is 476. The van der Waals surface area contributed by atoms with Crippen LogP contribution >= 0.6 is 0 Å². The first-order chi connectivity index (χ1) is 11.1. The Hall–Kier alpha value is -0.590. The molecule has 4 unspecified atom stereocenters. The first-order valence-corrected chi connectivity index (χ1v) is 10.3. The molecule has 4 rings (SSSR count). The summed E-state index contributed by atoms with van der Waals surface area (Å²) in [7, 11) is 0. The zero-order chi connectivity index (χ0) is 16.6. The van der Waals surface area contributed by atoms with Crippen LogP contribution in [0.2, 0.25) is 0 Å². The van der Waals surface area contributed by atoms with Crippen molar-refractivity contribution < 1.29 is 4.79 Å². The summed E-state index contributed by atoms with van der Waals surface area (Å²) >= 11 is 0. The Labute approximate surface area is 143 Å². The van der Waals surface area contributed by atoms with E-state index < -0.39 is 0 Å². The first kappa shape index (κ1) is 17.2. The van der Waals surface area contributed by atoms with Crippen LogP contribution in [-0.4, -0.2) is 5.78 Å². The van der Waals surface area contributed by atoms with Crippen molar-refractivity contribution in [3.63, 3.8) is 0 Å². The molecule has 1 nitrogen and oxygen atoms in total. The normalized spacial score (nSPS) is 47.2. The molecule has 0 N–H and O–H groups in total. The Morgan fingerprint density at radius 3 is 2.48 bits per heavy atom. The Balaban J connectivity index is 0.000000753. The largest absolute Gasteiger partial charge is 0.300 e. The standard InChI is InChI=1S/C20H30O.C2H6/c1-3-14-5-9-19-18-7-4-13-12-15(21)6-8-16(13)17(18)10-11-20(14,19)2;1-2/h3,13,16-19H,4-12H2,1-2H3;1-2H3/b14-3-;/t13?,16?,17?,18-,19?,20-;/m1./s1. The van der Waals surface area contributed by atoms with Crippen LogP contribution in [0.4, 0.5) is 0 Å². The lowest BCUT2D eigenvalue weighted by atomic mass is 9.50. The maximum absolute atomic E-state index is 11.8. The van der Waals surface area contributed by atoms with Gasteiger partial charge in [0.15, 0.2) is 0 Å². The highest BCUT2D eigenvalue weighted by atomic mass is 16.1. The number of Topliss-reactive ketones (excluding diaryl/α,β-unsaturated/α-hetero) is 1. The summed E-state index contributed by atoms with van der Waals surface area (Å²) < 4.78 is 0. The van der Waals surface area contributed by atoms with Gasteiger partial charge in [0.25, 0.3) is 0 Å². The van der Waals surface area contributed by atoms with E-state index in [4.69, 9.17) is 0 Å². The molecule has 0 aliphatic heterocycles. The zero-order valence-electron chi connectivity index (χ0n) is 15.7. The minimum absolute atomic E-state index is 0.521. The average Bonchev–Trinajstić information content (AvgIpc) is 2.92. The van der Waals surface area contributed by atoms with Crippen molar-refractivity contribution >= 4 is 5.78 Å². The van der Waals surface area contributed by atoms with Gasteiger partial charge in [-0.2, -0.15) is 0 Å². The van der Waals surface area contributed by atoms with Gasteiger partial charge < -0.3 is 0 Å². The van der Waals surface area contributed by atoms with Crippen LogP contribution in [0.3, 0.4) is 0 Å². The van der Waals surface area contributed by atoms with Gasteiger partial charge in [-0.15, -0.1) is 0 Å². The third-order valence-corrected chi connectivity index (χ3v) is 7.96. The van der Waals surface area contributed by atoms with E-state index in [-0.39, 0.29) is 0 Å². The molecule has 0 heterocycles. The molecule has 23 heavy (non-hydrogen) atoms. The van der Waals surface area contributed by atoms with Crippen molar-refractivity contribution in [1.82, 2.24) is 0 Å². The second kappa shape index (κ2) is 6.73. The van der Waals surface area contributed by atoms with Crippen LogP contribution < -0.4 is 0 Å². The minimum Gasteiger partial charge on any atom is -0.300 e. The molecule has 6 atom stereocenters. The van der Waals surface area contributed by atoms with Crippen LogP contribution in [0, 0.1) is 35.0 Å². The van der Waals surface area contributed by atoms with Gasteiger partial charge in [-0.1, -0.05) is 32.4 Å². The predicted octanol–water partition coefficient (Wildman–Crippen LogP) is 6.18. The van der Waals surface area contributed by atoms with Crippen molar-refractivity contribution in [1.29, 1.82) is 0 Å². The van der Waals surface area contributed by atoms with Crippen molar-refractivity contribution in [2.75, 3.05) is 0 Å². The van der Waals surface area contributed by atoms with Gasteiger partial charge in [0.1, 0.15) is 5.78 Å². The summed E-state index contributed by atoms with van der Waals surface area (Å²) in [5.74, 6) is 5.05. The van der Waals surface area contributed by atoms with Gasteiger partial charge in [0.05, 0.1) is 0 Å². The molecule has 4 aliphatic carbocycles. The van der Waals surface area contributed by atoms with E-state index in [9.17, 15) is 4.79 Å². The molecule has 1 heteroatoms. The molecule has 0 bridgehead atoms. The lowest BCUT2D eigenvalue weighted by Gasteiger charge is -2.54. The van der Waals surface area contributed by atoms with E-state index in [2.05, 4.69) is 19.9 Å². The second-order valence-electron chi connectivity index (χ2n) is 8.53.